The van der Waals surface area contributed by atoms with Crippen molar-refractivity contribution >= 4 is 47.2 Å². The van der Waals surface area contributed by atoms with Gasteiger partial charge in [0.05, 0.1) is 12.2 Å². The van der Waals surface area contributed by atoms with Crippen molar-refractivity contribution in [3.63, 3.8) is 0 Å². The van der Waals surface area contributed by atoms with Crippen molar-refractivity contribution in [3.8, 4) is 0 Å². The predicted octanol–water partition coefficient (Wildman–Crippen LogP) is 3.78. The van der Waals surface area contributed by atoms with Crippen molar-refractivity contribution < 1.29 is 0 Å². The molecule has 2 N–H and O–H groups in total. The number of hydrogen-bond acceptors (Lipinski definition) is 2. The van der Waals surface area contributed by atoms with E-state index in [-0.39, 0.29) is 24.0 Å². The molecular weight excluding hydrogens is 449 g/mol. The summed E-state index contributed by atoms with van der Waals surface area (Å²) in [6, 6.07) is 13.8. The van der Waals surface area contributed by atoms with Gasteiger partial charge in [0.1, 0.15) is 5.65 Å². The van der Waals surface area contributed by atoms with Crippen molar-refractivity contribution in [3.05, 3.63) is 70.6 Å². The number of imidazole rings is 1. The van der Waals surface area contributed by atoms with Gasteiger partial charge in [-0.25, -0.2) is 4.98 Å². The van der Waals surface area contributed by atoms with Gasteiger partial charge in [-0.3, -0.25) is 4.99 Å². The maximum atomic E-state index is 6.00. The van der Waals surface area contributed by atoms with Gasteiger partial charge in [-0.05, 0) is 36.8 Å². The van der Waals surface area contributed by atoms with E-state index in [9.17, 15) is 0 Å². The predicted molar refractivity (Wildman–Crippen MR) is 114 cm³/mol. The highest BCUT2D eigenvalue weighted by atomic mass is 127. The van der Waals surface area contributed by atoms with E-state index < -0.39 is 0 Å². The first-order chi connectivity index (χ1) is 11.7. The van der Waals surface area contributed by atoms with Crippen molar-refractivity contribution in [1.82, 2.24) is 20.0 Å². The smallest absolute Gasteiger partial charge is 0.191 e. The number of hydrogen-bond donors (Lipinski definition) is 2. The van der Waals surface area contributed by atoms with Crippen LogP contribution in [-0.2, 0) is 13.1 Å². The molecule has 25 heavy (non-hydrogen) atoms. The molecule has 3 rings (SSSR count). The molecule has 0 spiro atoms. The van der Waals surface area contributed by atoms with E-state index in [1.165, 1.54) is 0 Å². The van der Waals surface area contributed by atoms with E-state index in [0.29, 0.717) is 13.1 Å². The SMILES string of the molecule is CN=C(NCc1cccc(Cl)c1)NCc1cn2c(C)cccc2n1.I. The maximum absolute atomic E-state index is 6.00. The molecule has 0 saturated heterocycles. The Balaban J connectivity index is 0.00000225. The van der Waals surface area contributed by atoms with Crippen molar-refractivity contribution in [2.45, 2.75) is 20.0 Å². The Morgan fingerprint density at radius 2 is 1.92 bits per heavy atom. The van der Waals surface area contributed by atoms with Crippen LogP contribution in [0, 0.1) is 6.92 Å². The fourth-order valence-corrected chi connectivity index (χ4v) is 2.72. The van der Waals surface area contributed by atoms with Gasteiger partial charge in [0.2, 0.25) is 0 Å². The number of rotatable bonds is 4. The van der Waals surface area contributed by atoms with Crippen LogP contribution in [0.15, 0.2) is 53.7 Å². The number of aliphatic imine (C=N–C) groups is 1. The Labute approximate surface area is 169 Å². The van der Waals surface area contributed by atoms with E-state index >= 15 is 0 Å². The lowest BCUT2D eigenvalue weighted by atomic mass is 10.2. The third-order valence-corrected chi connectivity index (χ3v) is 3.99. The molecular formula is C18H21ClIN5. The summed E-state index contributed by atoms with van der Waals surface area (Å²) in [4.78, 5) is 8.85. The molecule has 0 atom stereocenters. The Morgan fingerprint density at radius 3 is 2.64 bits per heavy atom. The molecule has 132 valence electrons. The van der Waals surface area contributed by atoms with Gasteiger partial charge in [0, 0.05) is 30.5 Å². The number of halogens is 2. The number of pyridine rings is 1. The monoisotopic (exact) mass is 469 g/mol. The summed E-state index contributed by atoms with van der Waals surface area (Å²) in [7, 11) is 1.75. The van der Waals surface area contributed by atoms with Crippen LogP contribution in [0.1, 0.15) is 17.0 Å². The minimum absolute atomic E-state index is 0. The fraction of sp³-hybridized carbons (Fsp3) is 0.222. The Kier molecular flexibility index (Phi) is 7.07. The minimum atomic E-state index is 0. The standard InChI is InChI=1S/C18H20ClN5.HI/c1-13-5-3-8-17-23-16(12-24(13)17)11-22-18(20-2)21-10-14-6-4-7-15(19)9-14;/h3-9,12H,10-11H2,1-2H3,(H2,20,21,22);1H. The van der Waals surface area contributed by atoms with Gasteiger partial charge in [-0.1, -0.05) is 29.8 Å². The summed E-state index contributed by atoms with van der Waals surface area (Å²) in [6.45, 7) is 3.33. The zero-order valence-corrected chi connectivity index (χ0v) is 17.2. The summed E-state index contributed by atoms with van der Waals surface area (Å²) in [6.07, 6.45) is 2.04. The molecule has 0 unspecified atom stereocenters. The number of nitrogens with zero attached hydrogens (tertiary/aromatic N) is 3. The molecule has 0 aliphatic carbocycles. The molecule has 0 radical (unpaired) electrons. The van der Waals surface area contributed by atoms with E-state index in [1.807, 2.05) is 42.6 Å². The Morgan fingerprint density at radius 1 is 1.16 bits per heavy atom. The molecule has 1 aromatic carbocycles. The van der Waals surface area contributed by atoms with E-state index in [4.69, 9.17) is 11.6 Å². The lowest BCUT2D eigenvalue weighted by molar-refractivity contribution is 0.798. The number of aromatic nitrogens is 2. The topological polar surface area (TPSA) is 53.7 Å². The van der Waals surface area contributed by atoms with Crippen LogP contribution in [0.2, 0.25) is 5.02 Å². The molecule has 0 bridgehead atoms. The van der Waals surface area contributed by atoms with Gasteiger partial charge in [-0.15, -0.1) is 24.0 Å². The molecule has 5 nitrogen and oxygen atoms in total. The lowest BCUT2D eigenvalue weighted by Crippen LogP contribution is -2.36. The third kappa shape index (κ3) is 5.09. The Hall–Kier alpha value is -1.80. The summed E-state index contributed by atoms with van der Waals surface area (Å²) >= 11 is 6.00. The second kappa shape index (κ2) is 9.05. The van der Waals surface area contributed by atoms with Crippen molar-refractivity contribution in [2.75, 3.05) is 7.05 Å². The van der Waals surface area contributed by atoms with Crippen LogP contribution >= 0.6 is 35.6 Å². The Bertz CT molecular complexity index is 875. The van der Waals surface area contributed by atoms with Crippen LogP contribution in [0.25, 0.3) is 5.65 Å². The first-order valence-electron chi connectivity index (χ1n) is 7.78. The molecule has 0 fully saturated rings. The first-order valence-corrected chi connectivity index (χ1v) is 8.16. The average molecular weight is 470 g/mol. The molecule has 0 aliphatic rings. The molecule has 0 amide bonds. The number of aryl methyl sites for hydroxylation is 1. The van der Waals surface area contributed by atoms with Crippen LogP contribution in [-0.4, -0.2) is 22.4 Å². The molecule has 0 aliphatic heterocycles. The van der Waals surface area contributed by atoms with Gasteiger partial charge in [0.25, 0.3) is 0 Å². The summed E-state index contributed by atoms with van der Waals surface area (Å²) in [5.41, 5.74) is 4.19. The van der Waals surface area contributed by atoms with Crippen LogP contribution in [0.4, 0.5) is 0 Å². The largest absolute Gasteiger partial charge is 0.352 e. The third-order valence-electron chi connectivity index (χ3n) is 3.76. The summed E-state index contributed by atoms with van der Waals surface area (Å²) in [5.74, 6) is 0.726. The van der Waals surface area contributed by atoms with Gasteiger partial charge < -0.3 is 15.0 Å². The number of benzene rings is 1. The molecule has 2 heterocycles. The zero-order valence-electron chi connectivity index (χ0n) is 14.2. The quantitative estimate of drug-likeness (QED) is 0.347. The van der Waals surface area contributed by atoms with Crippen molar-refractivity contribution in [1.29, 1.82) is 0 Å². The highest BCUT2D eigenvalue weighted by Gasteiger charge is 2.04. The zero-order chi connectivity index (χ0) is 16.9. The molecule has 0 saturated carbocycles. The highest BCUT2D eigenvalue weighted by molar-refractivity contribution is 14.0. The van der Waals surface area contributed by atoms with Crippen LogP contribution in [0.3, 0.4) is 0 Å². The molecule has 3 aromatic rings. The molecule has 7 heteroatoms. The summed E-state index contributed by atoms with van der Waals surface area (Å²) < 4.78 is 2.08. The van der Waals surface area contributed by atoms with Crippen molar-refractivity contribution in [2.24, 2.45) is 4.99 Å². The lowest BCUT2D eigenvalue weighted by Gasteiger charge is -2.11. The van der Waals surface area contributed by atoms with Gasteiger partial charge >= 0.3 is 0 Å². The highest BCUT2D eigenvalue weighted by Crippen LogP contribution is 2.10. The summed E-state index contributed by atoms with van der Waals surface area (Å²) in [5, 5.41) is 7.29. The van der Waals surface area contributed by atoms with E-state index in [0.717, 1.165) is 33.6 Å². The second-order valence-corrected chi connectivity index (χ2v) is 5.97. The number of guanidine groups is 1. The van der Waals surface area contributed by atoms with Gasteiger partial charge in [0.15, 0.2) is 5.96 Å². The fourth-order valence-electron chi connectivity index (χ4n) is 2.51. The number of nitrogens with one attached hydrogen (secondary N) is 2. The normalized spacial score (nSPS) is 11.2. The van der Waals surface area contributed by atoms with Gasteiger partial charge in [-0.2, -0.15) is 0 Å². The number of fused-ring (bicyclic) bond motifs is 1. The second-order valence-electron chi connectivity index (χ2n) is 5.54. The van der Waals surface area contributed by atoms with Crippen LogP contribution in [0.5, 0.6) is 0 Å². The maximum Gasteiger partial charge on any atom is 0.191 e. The average Bonchev–Trinajstić information content (AvgIpc) is 3.00. The first kappa shape index (κ1) is 19.5. The minimum Gasteiger partial charge on any atom is -0.352 e. The van der Waals surface area contributed by atoms with Crippen LogP contribution < -0.4 is 10.6 Å². The van der Waals surface area contributed by atoms with E-state index in [2.05, 4.69) is 38.0 Å². The molecule has 2 aromatic heterocycles. The van der Waals surface area contributed by atoms with E-state index in [1.54, 1.807) is 7.05 Å².